The number of para-hydroxylation sites is 2. The standard InChI is InChI=1S/C26H28ClN3O2.C25H27ClN4O2.C20H19N3O2.C18H19BrN2O2/c1-5-25(32)29-13-18(14-29)10-20(31)15-30-17(4)26(22-11-19(27)6-7-24(22)30)23-12-28-9-8-21(23)16(2)3;1-5-23(32)29-11-17(12-29)8-19(31)13-30-16(4)24(20-9-18(26)6-7-22(20)30)21-10-27-14-28-25(21)15(2)3;1-2-20(25)22-11-14(12-22)21-19(24)13-23-17-9-5-3-7-15(17)16-8-4-6-10-18(16)23;1-3-18(23)21-9-13(10-21)6-15(22)11-20-8-12(2)16-7-14(19)4-5-17(16)20/h5-9,11-12,16,18H,1,10,13-15H2,2-4H3;5-7,9-10,14-15,17H,1,8,11-13H2,2-4H3;2-10,14H,1,11-13H2,(H,21,24);3-5,7-8,13H,1,6,9-11H2,2H3. The Morgan fingerprint density at radius 3 is 1.40 bits per heavy atom. The van der Waals surface area contributed by atoms with Crippen LogP contribution in [0, 0.1) is 38.5 Å². The fourth-order valence-electron chi connectivity index (χ4n) is 15.9. The van der Waals surface area contributed by atoms with E-state index in [0.29, 0.717) is 101 Å². The van der Waals surface area contributed by atoms with E-state index in [0.717, 1.165) is 92.9 Å². The predicted octanol–water partition coefficient (Wildman–Crippen LogP) is 15.8. The van der Waals surface area contributed by atoms with Crippen LogP contribution in [0.15, 0.2) is 195 Å². The van der Waals surface area contributed by atoms with Crippen molar-refractivity contribution in [1.29, 1.82) is 0 Å². The van der Waals surface area contributed by atoms with E-state index in [4.69, 9.17) is 23.2 Å². The number of carbonyl (C=O) groups excluding carboxylic acids is 8. The van der Waals surface area contributed by atoms with Gasteiger partial charge in [0.05, 0.1) is 31.4 Å². The number of benzene rings is 5. The van der Waals surface area contributed by atoms with Crippen LogP contribution in [0.4, 0.5) is 0 Å². The van der Waals surface area contributed by atoms with Gasteiger partial charge in [0.25, 0.3) is 0 Å². The molecule has 4 saturated heterocycles. The molecule has 4 aliphatic rings. The molecule has 0 saturated carbocycles. The number of hydrogen-bond donors (Lipinski definition) is 1. The predicted molar refractivity (Wildman–Crippen MR) is 448 cm³/mol. The highest BCUT2D eigenvalue weighted by Gasteiger charge is 2.35. The van der Waals surface area contributed by atoms with Crippen molar-refractivity contribution >= 4 is 141 Å². The van der Waals surface area contributed by atoms with Crippen molar-refractivity contribution in [3.63, 3.8) is 0 Å². The summed E-state index contributed by atoms with van der Waals surface area (Å²) >= 11 is 16.2. The molecule has 0 aliphatic carbocycles. The molecule has 10 heterocycles. The average Bonchev–Trinajstić information content (AvgIpc) is 1.60. The first-order valence-corrected chi connectivity index (χ1v) is 39.3. The summed E-state index contributed by atoms with van der Waals surface area (Å²) in [5.41, 5.74) is 14.7. The molecule has 0 radical (unpaired) electrons. The number of rotatable bonds is 23. The number of Topliss-reactive ketones (excluding diaryl/α,β-unsaturated/α-hetero) is 3. The van der Waals surface area contributed by atoms with Crippen molar-refractivity contribution in [1.82, 2.24) is 58.1 Å². The fraction of sp³-hybridized carbons (Fsp3) is 0.315. The lowest BCUT2D eigenvalue weighted by molar-refractivity contribution is -0.134. The van der Waals surface area contributed by atoms with Gasteiger partial charge in [-0.2, -0.15) is 0 Å². The third-order valence-corrected chi connectivity index (χ3v) is 22.5. The normalized spacial score (nSPS) is 14.3. The number of hydrogen-bond acceptors (Lipinski definition) is 11. The van der Waals surface area contributed by atoms with E-state index in [1.165, 1.54) is 40.8 Å². The Morgan fingerprint density at radius 1 is 0.491 bits per heavy atom. The Bertz CT molecular complexity index is 5290. The molecule has 578 valence electrons. The largest absolute Gasteiger partial charge is 0.348 e. The second-order valence-electron chi connectivity index (χ2n) is 30.1. The summed E-state index contributed by atoms with van der Waals surface area (Å²) in [4.78, 5) is 117. The Balaban J connectivity index is 0.000000140. The number of aryl methyl sites for hydroxylation is 1. The Labute approximate surface area is 670 Å². The summed E-state index contributed by atoms with van der Waals surface area (Å²) in [6.45, 7) is 34.8. The molecule has 0 spiro atoms. The third kappa shape index (κ3) is 17.7. The van der Waals surface area contributed by atoms with Gasteiger partial charge in [-0.15, -0.1) is 0 Å². The van der Waals surface area contributed by atoms with Crippen molar-refractivity contribution in [3.05, 3.63) is 234 Å². The minimum Gasteiger partial charge on any atom is -0.348 e. The summed E-state index contributed by atoms with van der Waals surface area (Å²) in [6, 6.07) is 36.0. The summed E-state index contributed by atoms with van der Waals surface area (Å²) in [5.74, 6) is 1.47. The van der Waals surface area contributed by atoms with Gasteiger partial charge in [-0.05, 0) is 141 Å². The topological polar surface area (TPSA) is 220 Å². The van der Waals surface area contributed by atoms with Crippen LogP contribution in [0.5, 0.6) is 0 Å². The van der Waals surface area contributed by atoms with Gasteiger partial charge >= 0.3 is 0 Å². The van der Waals surface area contributed by atoms with Crippen LogP contribution in [-0.4, -0.2) is 158 Å². The maximum atomic E-state index is 13.0. The Kier molecular flexibility index (Phi) is 25.4. The molecule has 15 rings (SSSR count). The van der Waals surface area contributed by atoms with Gasteiger partial charge in [0.2, 0.25) is 29.5 Å². The van der Waals surface area contributed by atoms with Crippen LogP contribution in [0.3, 0.4) is 0 Å². The number of likely N-dealkylation sites (tertiary alicyclic amines) is 4. The lowest BCUT2D eigenvalue weighted by Gasteiger charge is -2.38. The molecular weight excluding hydrogens is 1520 g/mol. The van der Waals surface area contributed by atoms with Crippen molar-refractivity contribution < 1.29 is 38.4 Å². The molecule has 4 aliphatic heterocycles. The lowest BCUT2D eigenvalue weighted by Crippen LogP contribution is -2.61. The minimum absolute atomic E-state index is 0.0180. The van der Waals surface area contributed by atoms with Crippen LogP contribution >= 0.6 is 39.1 Å². The van der Waals surface area contributed by atoms with E-state index in [2.05, 4.69) is 137 Å². The van der Waals surface area contributed by atoms with E-state index in [9.17, 15) is 38.4 Å². The lowest BCUT2D eigenvalue weighted by atomic mass is 9.93. The first kappa shape index (κ1) is 80.6. The van der Waals surface area contributed by atoms with Gasteiger partial charge in [-0.3, -0.25) is 43.3 Å². The van der Waals surface area contributed by atoms with Crippen LogP contribution < -0.4 is 5.32 Å². The quantitative estimate of drug-likeness (QED) is 0.0594. The maximum Gasteiger partial charge on any atom is 0.246 e. The van der Waals surface area contributed by atoms with Crippen LogP contribution in [0.25, 0.3) is 76.8 Å². The number of amides is 5. The van der Waals surface area contributed by atoms with Crippen LogP contribution in [0.1, 0.15) is 87.0 Å². The van der Waals surface area contributed by atoms with Crippen molar-refractivity contribution in [2.24, 2.45) is 17.8 Å². The highest BCUT2D eigenvalue weighted by molar-refractivity contribution is 9.10. The number of halogens is 3. The van der Waals surface area contributed by atoms with E-state index in [-0.39, 0.29) is 89.7 Å². The molecule has 4 fully saturated rings. The molecular formula is C89H93BrCl2N12O8. The molecule has 5 aromatic carbocycles. The number of fused-ring (bicyclic) bond motifs is 6. The highest BCUT2D eigenvalue weighted by Crippen LogP contribution is 2.42. The van der Waals surface area contributed by atoms with Crippen LogP contribution in [0.2, 0.25) is 10.0 Å². The zero-order chi connectivity index (χ0) is 79.9. The molecule has 0 unspecified atom stereocenters. The number of pyridine rings is 1. The van der Waals surface area contributed by atoms with Crippen molar-refractivity contribution in [2.75, 3.05) is 52.4 Å². The first-order valence-electron chi connectivity index (χ1n) is 37.8. The summed E-state index contributed by atoms with van der Waals surface area (Å²) in [7, 11) is 0. The van der Waals surface area contributed by atoms with Gasteiger partial charge < -0.3 is 43.2 Å². The minimum atomic E-state index is -0.0899. The Morgan fingerprint density at radius 2 is 0.929 bits per heavy atom. The fourth-order valence-corrected chi connectivity index (χ4v) is 16.6. The van der Waals surface area contributed by atoms with Gasteiger partial charge in [0.1, 0.15) is 12.9 Å². The van der Waals surface area contributed by atoms with Crippen molar-refractivity contribution in [3.8, 4) is 22.3 Å². The van der Waals surface area contributed by atoms with E-state index >= 15 is 0 Å². The molecule has 6 aromatic heterocycles. The van der Waals surface area contributed by atoms with Crippen LogP contribution in [-0.2, 0) is 64.5 Å². The van der Waals surface area contributed by atoms with E-state index < -0.39 is 0 Å². The number of aromatic nitrogens is 7. The number of nitrogens with zero attached hydrogens (tertiary/aromatic N) is 11. The first-order chi connectivity index (χ1) is 53.7. The molecule has 11 aromatic rings. The number of carbonyl (C=O) groups is 8. The monoisotopic (exact) mass is 1610 g/mol. The molecule has 23 heteroatoms. The van der Waals surface area contributed by atoms with Gasteiger partial charge in [-0.1, -0.05) is 130 Å². The molecule has 5 amide bonds. The molecule has 20 nitrogen and oxygen atoms in total. The molecule has 1 N–H and O–H groups in total. The third-order valence-electron chi connectivity index (χ3n) is 21.5. The highest BCUT2D eigenvalue weighted by atomic mass is 79.9. The van der Waals surface area contributed by atoms with Gasteiger partial charge in [0.15, 0.2) is 17.3 Å². The summed E-state index contributed by atoms with van der Waals surface area (Å²) in [5, 5.41) is 9.80. The SMILES string of the molecule is C=CC(=O)N1CC(CC(=O)Cn2c(C)c(-c3cnccc3C(C)C)c3cc(Cl)ccc32)C1.C=CC(=O)N1CC(CC(=O)Cn2c(C)c(-c3cncnc3C(C)C)c3cc(Cl)ccc32)C1.C=CC(=O)N1CC(CC(=O)Cn2cc(C)c3cc(Br)ccc32)C1.C=CC(=O)N1CC(NC(=O)Cn2c3ccccc3c3ccccc32)C1. The van der Waals surface area contributed by atoms with E-state index in [1.807, 2.05) is 126 Å². The number of ketones is 3. The molecule has 0 bridgehead atoms. The zero-order valence-electron chi connectivity index (χ0n) is 64.3. The molecule has 112 heavy (non-hydrogen) atoms. The molecule has 0 atom stereocenters. The zero-order valence-corrected chi connectivity index (χ0v) is 67.4. The smallest absolute Gasteiger partial charge is 0.246 e. The van der Waals surface area contributed by atoms with Gasteiger partial charge in [-0.25, -0.2) is 9.97 Å². The average molecular weight is 1610 g/mol. The summed E-state index contributed by atoms with van der Waals surface area (Å²) in [6.07, 6.45) is 15.9. The summed E-state index contributed by atoms with van der Waals surface area (Å²) < 4.78 is 9.26. The second kappa shape index (κ2) is 35.2. The Hall–Kier alpha value is -10.9. The van der Waals surface area contributed by atoms with Gasteiger partial charge in [0, 0.05) is 217 Å². The second-order valence-corrected chi connectivity index (χ2v) is 31.9. The van der Waals surface area contributed by atoms with Crippen molar-refractivity contribution in [2.45, 2.75) is 112 Å². The van der Waals surface area contributed by atoms with E-state index in [1.54, 1.807) is 25.9 Å². The maximum absolute atomic E-state index is 13.0. The number of nitrogens with one attached hydrogen (secondary N) is 1.